The third kappa shape index (κ3) is 6.80. The highest BCUT2D eigenvalue weighted by Gasteiger charge is 2.06. The van der Waals surface area contributed by atoms with Crippen molar-refractivity contribution >= 4 is 17.7 Å². The number of rotatable bonds is 9. The minimum Gasteiger partial charge on any atom is -0.365 e. The summed E-state index contributed by atoms with van der Waals surface area (Å²) < 4.78 is 17.4. The van der Waals surface area contributed by atoms with Gasteiger partial charge in [0.2, 0.25) is 0 Å². The van der Waals surface area contributed by atoms with Crippen LogP contribution in [-0.2, 0) is 6.42 Å². The first-order valence-electron chi connectivity index (χ1n) is 7.45. The van der Waals surface area contributed by atoms with Crippen molar-refractivity contribution in [2.24, 2.45) is 4.40 Å². The average Bonchev–Trinajstić information content (AvgIpc) is 2.47. The Balaban J connectivity index is 2.53. The second-order valence-electron chi connectivity index (χ2n) is 5.10. The van der Waals surface area contributed by atoms with Crippen LogP contribution in [-0.4, -0.2) is 23.7 Å². The van der Waals surface area contributed by atoms with Gasteiger partial charge in [-0.25, -0.2) is 8.79 Å². The highest BCUT2D eigenvalue weighted by atomic mass is 32.2. The Labute approximate surface area is 132 Å². The molecule has 0 N–H and O–H groups in total. The fraction of sp³-hybridized carbons (Fsp3) is 0.471. The lowest BCUT2D eigenvalue weighted by Crippen LogP contribution is -2.22. The molecule has 0 fully saturated rings. The van der Waals surface area contributed by atoms with E-state index in [4.69, 9.17) is 0 Å². The fourth-order valence-electron chi connectivity index (χ4n) is 2.02. The lowest BCUT2D eigenvalue weighted by Gasteiger charge is -2.23. The topological polar surface area (TPSA) is 15.6 Å². The number of nitrogens with zero attached hydrogens (tertiary/aromatic N) is 2. The zero-order valence-electron chi connectivity index (χ0n) is 13.2. The minimum absolute atomic E-state index is 0.203. The van der Waals surface area contributed by atoms with Crippen molar-refractivity contribution in [3.05, 3.63) is 47.3 Å². The van der Waals surface area contributed by atoms with Crippen LogP contribution in [0.15, 0.2) is 40.3 Å². The van der Waals surface area contributed by atoms with E-state index in [1.807, 2.05) is 6.92 Å². The van der Waals surface area contributed by atoms with Crippen LogP contribution in [0, 0.1) is 5.82 Å². The molecule has 0 aromatic heterocycles. The molecule has 0 unspecified atom stereocenters. The molecule has 0 saturated heterocycles. The average molecular weight is 308 g/mol. The van der Waals surface area contributed by atoms with E-state index < -0.39 is 0 Å². The van der Waals surface area contributed by atoms with Gasteiger partial charge in [0.25, 0.3) is 0 Å². The Bertz CT molecular complexity index is 462. The van der Waals surface area contributed by atoms with Crippen molar-refractivity contribution in [3.8, 4) is 0 Å². The molecule has 0 bridgehead atoms. The first-order valence-corrected chi connectivity index (χ1v) is 8.22. The molecule has 1 aromatic carbocycles. The third-order valence-corrected chi connectivity index (χ3v) is 3.89. The SMILES string of the molecule is C=C(S/N=C(\C)Cc1ccc(F)cc1)N(CCC)CCC. The molecule has 0 atom stereocenters. The second-order valence-corrected chi connectivity index (χ2v) is 5.94. The molecule has 0 saturated carbocycles. The molecule has 1 aromatic rings. The van der Waals surface area contributed by atoms with E-state index >= 15 is 0 Å². The molecule has 1 rings (SSSR count). The molecule has 0 radical (unpaired) electrons. The van der Waals surface area contributed by atoms with Crippen LogP contribution in [0.2, 0.25) is 0 Å². The van der Waals surface area contributed by atoms with Crippen LogP contribution in [0.4, 0.5) is 4.39 Å². The smallest absolute Gasteiger partial charge is 0.123 e. The van der Waals surface area contributed by atoms with Crippen molar-refractivity contribution < 1.29 is 4.39 Å². The molecular formula is C17H25FN2S. The van der Waals surface area contributed by atoms with Crippen molar-refractivity contribution in [2.75, 3.05) is 13.1 Å². The summed E-state index contributed by atoms with van der Waals surface area (Å²) in [6.07, 6.45) is 2.96. The van der Waals surface area contributed by atoms with Gasteiger partial charge in [0, 0.05) is 37.2 Å². The first-order chi connectivity index (χ1) is 10.1. The summed E-state index contributed by atoms with van der Waals surface area (Å²) in [5.41, 5.74) is 2.09. The number of halogens is 1. The van der Waals surface area contributed by atoms with Gasteiger partial charge in [0.05, 0.1) is 5.03 Å². The van der Waals surface area contributed by atoms with Crippen LogP contribution in [0.5, 0.6) is 0 Å². The number of hydrogen-bond donors (Lipinski definition) is 0. The largest absolute Gasteiger partial charge is 0.365 e. The molecule has 0 amide bonds. The van der Waals surface area contributed by atoms with Crippen molar-refractivity contribution in [1.82, 2.24) is 4.90 Å². The van der Waals surface area contributed by atoms with Crippen molar-refractivity contribution in [3.63, 3.8) is 0 Å². The summed E-state index contributed by atoms with van der Waals surface area (Å²) in [5.74, 6) is -0.203. The normalized spacial score (nSPS) is 11.5. The van der Waals surface area contributed by atoms with E-state index in [9.17, 15) is 4.39 Å². The summed E-state index contributed by atoms with van der Waals surface area (Å²) in [6, 6.07) is 6.57. The van der Waals surface area contributed by atoms with E-state index in [2.05, 4.69) is 29.7 Å². The summed E-state index contributed by atoms with van der Waals surface area (Å²) >= 11 is 1.44. The summed E-state index contributed by atoms with van der Waals surface area (Å²) in [6.45, 7) is 12.5. The number of benzene rings is 1. The Hall–Kier alpha value is -1.29. The monoisotopic (exact) mass is 308 g/mol. The van der Waals surface area contributed by atoms with Crippen molar-refractivity contribution in [2.45, 2.75) is 40.0 Å². The highest BCUT2D eigenvalue weighted by Crippen LogP contribution is 2.21. The van der Waals surface area contributed by atoms with Gasteiger partial charge in [0.15, 0.2) is 0 Å². The van der Waals surface area contributed by atoms with Crippen molar-refractivity contribution in [1.29, 1.82) is 0 Å². The Kier molecular flexibility index (Phi) is 8.13. The van der Waals surface area contributed by atoms with Gasteiger partial charge in [-0.3, -0.25) is 0 Å². The molecule has 4 heteroatoms. The van der Waals surface area contributed by atoms with E-state index in [1.165, 1.54) is 24.1 Å². The van der Waals surface area contributed by atoms with Crippen LogP contribution in [0.25, 0.3) is 0 Å². The predicted molar refractivity (Wildman–Crippen MR) is 92.1 cm³/mol. The van der Waals surface area contributed by atoms with E-state index in [0.29, 0.717) is 0 Å². The molecule has 2 nitrogen and oxygen atoms in total. The zero-order valence-corrected chi connectivity index (χ0v) is 14.0. The van der Waals surface area contributed by atoms with Gasteiger partial charge >= 0.3 is 0 Å². The second kappa shape index (κ2) is 9.61. The molecule has 0 spiro atoms. The predicted octanol–water partition coefficient (Wildman–Crippen LogP) is 5.07. The molecule has 0 heterocycles. The van der Waals surface area contributed by atoms with Crippen LogP contribution in [0.1, 0.15) is 39.2 Å². The van der Waals surface area contributed by atoms with Gasteiger partial charge in [-0.2, -0.15) is 0 Å². The van der Waals surface area contributed by atoms with Gasteiger partial charge in [-0.1, -0.05) is 32.6 Å². The fourth-order valence-corrected chi connectivity index (χ4v) is 2.64. The quantitative estimate of drug-likeness (QED) is 0.467. The highest BCUT2D eigenvalue weighted by molar-refractivity contribution is 8.01. The summed E-state index contributed by atoms with van der Waals surface area (Å²) in [4.78, 5) is 2.28. The lowest BCUT2D eigenvalue weighted by molar-refractivity contribution is 0.368. The molecule has 21 heavy (non-hydrogen) atoms. The molecule has 0 aliphatic carbocycles. The van der Waals surface area contributed by atoms with Crippen LogP contribution < -0.4 is 0 Å². The maximum atomic E-state index is 12.9. The Morgan fingerprint density at radius 1 is 1.19 bits per heavy atom. The van der Waals surface area contributed by atoms with Gasteiger partial charge in [-0.15, -0.1) is 0 Å². The Morgan fingerprint density at radius 3 is 2.29 bits per heavy atom. The summed E-state index contributed by atoms with van der Waals surface area (Å²) in [5, 5.41) is 0.997. The van der Waals surface area contributed by atoms with Crippen LogP contribution >= 0.6 is 11.9 Å². The van der Waals surface area contributed by atoms with Gasteiger partial charge in [-0.05, 0) is 37.5 Å². The van der Waals surface area contributed by atoms with Crippen LogP contribution in [0.3, 0.4) is 0 Å². The van der Waals surface area contributed by atoms with E-state index in [0.717, 1.165) is 48.7 Å². The molecule has 116 valence electrons. The molecule has 0 aliphatic rings. The maximum absolute atomic E-state index is 12.9. The van der Waals surface area contributed by atoms with Gasteiger partial charge in [0.1, 0.15) is 5.82 Å². The third-order valence-electron chi connectivity index (χ3n) is 3.02. The zero-order chi connectivity index (χ0) is 15.7. The molecule has 0 aliphatic heterocycles. The lowest BCUT2D eigenvalue weighted by atomic mass is 10.1. The first kappa shape index (κ1) is 17.8. The maximum Gasteiger partial charge on any atom is 0.123 e. The molecular weight excluding hydrogens is 283 g/mol. The minimum atomic E-state index is -0.203. The van der Waals surface area contributed by atoms with Gasteiger partial charge < -0.3 is 4.90 Å². The van der Waals surface area contributed by atoms with E-state index in [-0.39, 0.29) is 5.82 Å². The summed E-state index contributed by atoms with van der Waals surface area (Å²) in [7, 11) is 0. The Morgan fingerprint density at radius 2 is 1.76 bits per heavy atom. The van der Waals surface area contributed by atoms with E-state index in [1.54, 1.807) is 12.1 Å². The number of hydrogen-bond acceptors (Lipinski definition) is 3. The standard InChI is InChI=1S/C17H25FN2S/c1-5-11-20(12-6-2)15(4)21-19-14(3)13-16-7-9-17(18)10-8-16/h7-10H,4-6,11-13H2,1-3H3/b19-14+.